The van der Waals surface area contributed by atoms with E-state index >= 15 is 0 Å². The van der Waals surface area contributed by atoms with E-state index in [1.54, 1.807) is 6.07 Å². The van der Waals surface area contributed by atoms with Crippen LogP contribution in [-0.4, -0.2) is 5.11 Å². The summed E-state index contributed by atoms with van der Waals surface area (Å²) in [6.45, 7) is 6.08. The first kappa shape index (κ1) is 12.0. The highest BCUT2D eigenvalue weighted by Crippen LogP contribution is 2.34. The lowest BCUT2D eigenvalue weighted by Crippen LogP contribution is -1.86. The van der Waals surface area contributed by atoms with E-state index in [9.17, 15) is 5.11 Å². The number of aromatic hydroxyl groups is 1. The molecular formula is C15H15ClO. The van der Waals surface area contributed by atoms with Gasteiger partial charge in [0.25, 0.3) is 0 Å². The van der Waals surface area contributed by atoms with Gasteiger partial charge in [0.05, 0.1) is 0 Å². The van der Waals surface area contributed by atoms with Crippen LogP contribution >= 0.6 is 11.6 Å². The molecule has 0 amide bonds. The number of aryl methyl sites for hydroxylation is 3. The molecule has 2 aromatic rings. The van der Waals surface area contributed by atoms with Gasteiger partial charge in [-0.05, 0) is 55.2 Å². The minimum Gasteiger partial charge on any atom is -0.507 e. The molecule has 1 N–H and O–H groups in total. The summed E-state index contributed by atoms with van der Waals surface area (Å²) < 4.78 is 0. The van der Waals surface area contributed by atoms with Crippen LogP contribution in [0.25, 0.3) is 11.1 Å². The van der Waals surface area contributed by atoms with Crippen molar-refractivity contribution < 1.29 is 5.11 Å². The van der Waals surface area contributed by atoms with Gasteiger partial charge in [0.2, 0.25) is 0 Å². The summed E-state index contributed by atoms with van der Waals surface area (Å²) in [4.78, 5) is 0. The van der Waals surface area contributed by atoms with E-state index in [1.165, 1.54) is 11.1 Å². The molecular weight excluding hydrogens is 232 g/mol. The number of benzene rings is 2. The normalized spacial score (nSPS) is 10.6. The second-order valence-electron chi connectivity index (χ2n) is 4.42. The molecule has 0 fully saturated rings. The van der Waals surface area contributed by atoms with Crippen LogP contribution in [0.5, 0.6) is 5.75 Å². The monoisotopic (exact) mass is 246 g/mol. The Bertz CT molecular complexity index is 573. The van der Waals surface area contributed by atoms with E-state index < -0.39 is 0 Å². The van der Waals surface area contributed by atoms with Gasteiger partial charge in [-0.1, -0.05) is 29.8 Å². The Hall–Kier alpha value is -1.47. The maximum atomic E-state index is 9.94. The van der Waals surface area contributed by atoms with Crippen molar-refractivity contribution in [2.24, 2.45) is 0 Å². The predicted molar refractivity (Wildman–Crippen MR) is 72.8 cm³/mol. The third-order valence-corrected chi connectivity index (χ3v) is 3.50. The Kier molecular flexibility index (Phi) is 3.12. The van der Waals surface area contributed by atoms with E-state index in [-0.39, 0.29) is 5.75 Å². The van der Waals surface area contributed by atoms with Crippen molar-refractivity contribution >= 4 is 11.6 Å². The number of hydrogen-bond donors (Lipinski definition) is 1. The fourth-order valence-electron chi connectivity index (χ4n) is 1.81. The van der Waals surface area contributed by atoms with Crippen molar-refractivity contribution in [1.29, 1.82) is 0 Å². The lowest BCUT2D eigenvalue weighted by Gasteiger charge is -2.09. The maximum absolute atomic E-state index is 9.94. The molecule has 0 aromatic heterocycles. The maximum Gasteiger partial charge on any atom is 0.124 e. The summed E-state index contributed by atoms with van der Waals surface area (Å²) in [5.74, 6) is 0.226. The van der Waals surface area contributed by atoms with Crippen LogP contribution in [0.15, 0.2) is 30.3 Å². The summed E-state index contributed by atoms with van der Waals surface area (Å²) >= 11 is 5.97. The summed E-state index contributed by atoms with van der Waals surface area (Å²) in [5, 5.41) is 10.5. The van der Waals surface area contributed by atoms with E-state index in [1.807, 2.05) is 19.1 Å². The molecule has 0 unspecified atom stereocenters. The molecule has 2 aromatic carbocycles. The molecule has 0 aliphatic carbocycles. The van der Waals surface area contributed by atoms with Crippen molar-refractivity contribution in [3.05, 3.63) is 52.0 Å². The number of rotatable bonds is 1. The smallest absolute Gasteiger partial charge is 0.124 e. The fraction of sp³-hybridized carbons (Fsp3) is 0.200. The van der Waals surface area contributed by atoms with Crippen LogP contribution < -0.4 is 0 Å². The molecule has 0 aliphatic rings. The van der Waals surface area contributed by atoms with Gasteiger partial charge in [-0.25, -0.2) is 0 Å². The highest BCUT2D eigenvalue weighted by molar-refractivity contribution is 6.31. The van der Waals surface area contributed by atoms with Crippen molar-refractivity contribution in [3.8, 4) is 16.9 Å². The largest absolute Gasteiger partial charge is 0.507 e. The highest BCUT2D eigenvalue weighted by Gasteiger charge is 2.08. The first-order valence-corrected chi connectivity index (χ1v) is 5.93. The first-order chi connectivity index (χ1) is 7.99. The van der Waals surface area contributed by atoms with Gasteiger partial charge in [0.1, 0.15) is 5.75 Å². The Morgan fingerprint density at radius 1 is 0.882 bits per heavy atom. The quantitative estimate of drug-likeness (QED) is 0.777. The van der Waals surface area contributed by atoms with Crippen molar-refractivity contribution in [2.75, 3.05) is 0 Å². The molecule has 0 bridgehead atoms. The van der Waals surface area contributed by atoms with Gasteiger partial charge >= 0.3 is 0 Å². The summed E-state index contributed by atoms with van der Waals surface area (Å²) in [7, 11) is 0. The SMILES string of the molecule is Cc1ccc(-c2cc(C)c(Cl)cc2O)cc1C. The number of hydrogen-bond acceptors (Lipinski definition) is 1. The van der Waals surface area contributed by atoms with Gasteiger partial charge in [-0.15, -0.1) is 0 Å². The third kappa shape index (κ3) is 2.29. The highest BCUT2D eigenvalue weighted by atomic mass is 35.5. The van der Waals surface area contributed by atoms with Gasteiger partial charge in [0.15, 0.2) is 0 Å². The standard InChI is InChI=1S/C15H15ClO/c1-9-4-5-12(6-10(9)2)13-7-11(3)14(16)8-15(13)17/h4-8,17H,1-3H3. The van der Waals surface area contributed by atoms with Crippen molar-refractivity contribution in [1.82, 2.24) is 0 Å². The second kappa shape index (κ2) is 4.42. The number of phenols is 1. The third-order valence-electron chi connectivity index (χ3n) is 3.09. The lowest BCUT2D eigenvalue weighted by atomic mass is 9.98. The molecule has 0 radical (unpaired) electrons. The topological polar surface area (TPSA) is 20.2 Å². The minimum atomic E-state index is 0.226. The Balaban J connectivity index is 2.60. The zero-order chi connectivity index (χ0) is 12.6. The van der Waals surface area contributed by atoms with Crippen LogP contribution in [0.1, 0.15) is 16.7 Å². The minimum absolute atomic E-state index is 0.226. The fourth-order valence-corrected chi connectivity index (χ4v) is 1.97. The zero-order valence-electron chi connectivity index (χ0n) is 10.2. The first-order valence-electron chi connectivity index (χ1n) is 5.56. The Labute approximate surface area is 107 Å². The number of phenolic OH excluding ortho intramolecular Hbond substituents is 1. The average Bonchev–Trinajstić information content (AvgIpc) is 2.27. The van der Waals surface area contributed by atoms with E-state index in [0.717, 1.165) is 16.7 Å². The van der Waals surface area contributed by atoms with Gasteiger partial charge < -0.3 is 5.11 Å². The molecule has 0 saturated heterocycles. The average molecular weight is 247 g/mol. The Morgan fingerprint density at radius 3 is 2.24 bits per heavy atom. The van der Waals surface area contributed by atoms with E-state index in [2.05, 4.69) is 26.0 Å². The van der Waals surface area contributed by atoms with Crippen molar-refractivity contribution in [2.45, 2.75) is 20.8 Å². The van der Waals surface area contributed by atoms with Crippen LogP contribution in [0.3, 0.4) is 0 Å². The summed E-state index contributed by atoms with van der Waals surface area (Å²) in [6.07, 6.45) is 0. The van der Waals surface area contributed by atoms with E-state index in [0.29, 0.717) is 5.02 Å². The van der Waals surface area contributed by atoms with Gasteiger partial charge in [0, 0.05) is 10.6 Å². The molecule has 88 valence electrons. The molecule has 0 aliphatic heterocycles. The molecule has 0 spiro atoms. The summed E-state index contributed by atoms with van der Waals surface area (Å²) in [5.41, 5.74) is 5.28. The summed E-state index contributed by atoms with van der Waals surface area (Å²) in [6, 6.07) is 9.68. The molecule has 0 saturated carbocycles. The lowest BCUT2D eigenvalue weighted by molar-refractivity contribution is 0.477. The van der Waals surface area contributed by atoms with Crippen LogP contribution in [-0.2, 0) is 0 Å². The second-order valence-corrected chi connectivity index (χ2v) is 4.82. The molecule has 1 nitrogen and oxygen atoms in total. The number of halogens is 1. The van der Waals surface area contributed by atoms with Crippen LogP contribution in [0.4, 0.5) is 0 Å². The molecule has 0 heterocycles. The van der Waals surface area contributed by atoms with Crippen molar-refractivity contribution in [3.63, 3.8) is 0 Å². The van der Waals surface area contributed by atoms with Gasteiger partial charge in [-0.2, -0.15) is 0 Å². The van der Waals surface area contributed by atoms with E-state index in [4.69, 9.17) is 11.6 Å². The van der Waals surface area contributed by atoms with Crippen LogP contribution in [0.2, 0.25) is 5.02 Å². The van der Waals surface area contributed by atoms with Gasteiger partial charge in [-0.3, -0.25) is 0 Å². The predicted octanol–water partition coefficient (Wildman–Crippen LogP) is 4.64. The van der Waals surface area contributed by atoms with Crippen LogP contribution in [0, 0.1) is 20.8 Å². The molecule has 2 rings (SSSR count). The Morgan fingerprint density at radius 2 is 1.59 bits per heavy atom. The molecule has 2 heteroatoms. The molecule has 0 atom stereocenters. The zero-order valence-corrected chi connectivity index (χ0v) is 11.0. The molecule has 17 heavy (non-hydrogen) atoms.